The second kappa shape index (κ2) is 8.49. The molecule has 1 N–H and O–H groups in total. The molecule has 0 aliphatic heterocycles. The topological polar surface area (TPSA) is 60.0 Å². The van der Waals surface area contributed by atoms with Crippen LogP contribution in [0.25, 0.3) is 0 Å². The van der Waals surface area contributed by atoms with E-state index in [4.69, 9.17) is 14.2 Å². The zero-order valence-corrected chi connectivity index (χ0v) is 13.3. The molecule has 118 valence electrons. The van der Waals surface area contributed by atoms with Gasteiger partial charge in [-0.05, 0) is 20.2 Å². The SMILES string of the molecule is COC(=O)C(NCCN(C)C)c1cccc(OC)c1OC. The Morgan fingerprint density at radius 2 is 1.95 bits per heavy atom. The van der Waals surface area contributed by atoms with Crippen LogP contribution < -0.4 is 14.8 Å². The van der Waals surface area contributed by atoms with Gasteiger partial charge >= 0.3 is 5.97 Å². The third kappa shape index (κ3) is 4.61. The summed E-state index contributed by atoms with van der Waals surface area (Å²) >= 11 is 0. The van der Waals surface area contributed by atoms with E-state index in [1.807, 2.05) is 31.1 Å². The first-order chi connectivity index (χ1) is 10.0. The van der Waals surface area contributed by atoms with Gasteiger partial charge in [-0.15, -0.1) is 0 Å². The van der Waals surface area contributed by atoms with E-state index < -0.39 is 6.04 Å². The van der Waals surface area contributed by atoms with Gasteiger partial charge < -0.3 is 19.1 Å². The van der Waals surface area contributed by atoms with E-state index >= 15 is 0 Å². The number of methoxy groups -OCH3 is 3. The predicted molar refractivity (Wildman–Crippen MR) is 80.9 cm³/mol. The highest BCUT2D eigenvalue weighted by molar-refractivity contribution is 5.79. The zero-order valence-electron chi connectivity index (χ0n) is 13.3. The Labute approximate surface area is 126 Å². The average molecular weight is 296 g/mol. The summed E-state index contributed by atoms with van der Waals surface area (Å²) in [6.45, 7) is 1.45. The van der Waals surface area contributed by atoms with E-state index in [-0.39, 0.29) is 5.97 Å². The van der Waals surface area contributed by atoms with Gasteiger partial charge in [-0.2, -0.15) is 0 Å². The van der Waals surface area contributed by atoms with Crippen LogP contribution >= 0.6 is 0 Å². The summed E-state index contributed by atoms with van der Waals surface area (Å²) in [7, 11) is 8.43. The van der Waals surface area contributed by atoms with E-state index in [0.717, 1.165) is 6.54 Å². The second-order valence-electron chi connectivity index (χ2n) is 4.80. The van der Waals surface area contributed by atoms with Crippen molar-refractivity contribution in [3.63, 3.8) is 0 Å². The van der Waals surface area contributed by atoms with Crippen molar-refractivity contribution in [3.8, 4) is 11.5 Å². The van der Waals surface area contributed by atoms with Crippen molar-refractivity contribution < 1.29 is 19.0 Å². The first kappa shape index (κ1) is 17.3. The minimum atomic E-state index is -0.597. The lowest BCUT2D eigenvalue weighted by Crippen LogP contribution is -2.34. The molecule has 0 fully saturated rings. The summed E-state index contributed by atoms with van der Waals surface area (Å²) in [6.07, 6.45) is 0. The molecule has 1 rings (SSSR count). The van der Waals surface area contributed by atoms with Crippen LogP contribution in [0.5, 0.6) is 11.5 Å². The van der Waals surface area contributed by atoms with Crippen molar-refractivity contribution in [1.82, 2.24) is 10.2 Å². The Morgan fingerprint density at radius 3 is 2.48 bits per heavy atom. The van der Waals surface area contributed by atoms with Gasteiger partial charge in [-0.25, -0.2) is 4.79 Å². The fourth-order valence-electron chi connectivity index (χ4n) is 2.01. The average Bonchev–Trinajstić information content (AvgIpc) is 2.49. The molecule has 0 radical (unpaired) electrons. The third-order valence-corrected chi connectivity index (χ3v) is 3.09. The van der Waals surface area contributed by atoms with Crippen molar-refractivity contribution in [1.29, 1.82) is 0 Å². The minimum Gasteiger partial charge on any atom is -0.493 e. The van der Waals surface area contributed by atoms with Crippen molar-refractivity contribution in [2.24, 2.45) is 0 Å². The molecule has 0 saturated carbocycles. The molecule has 1 atom stereocenters. The molecular weight excluding hydrogens is 272 g/mol. The number of carbonyl (C=O) groups excluding carboxylic acids is 1. The van der Waals surface area contributed by atoms with Crippen LogP contribution in [0.3, 0.4) is 0 Å². The van der Waals surface area contributed by atoms with Crippen LogP contribution in [-0.2, 0) is 9.53 Å². The molecule has 0 saturated heterocycles. The van der Waals surface area contributed by atoms with Crippen LogP contribution in [0.15, 0.2) is 18.2 Å². The summed E-state index contributed by atoms with van der Waals surface area (Å²) in [6, 6.07) is 4.84. The summed E-state index contributed by atoms with van der Waals surface area (Å²) in [5.74, 6) is 0.756. The molecule has 0 spiro atoms. The van der Waals surface area contributed by atoms with E-state index in [0.29, 0.717) is 23.6 Å². The fourth-order valence-corrected chi connectivity index (χ4v) is 2.01. The maximum Gasteiger partial charge on any atom is 0.327 e. The van der Waals surface area contributed by atoms with E-state index in [9.17, 15) is 4.79 Å². The van der Waals surface area contributed by atoms with Crippen LogP contribution in [0, 0.1) is 0 Å². The number of para-hydroxylation sites is 1. The van der Waals surface area contributed by atoms with Crippen LogP contribution in [-0.4, -0.2) is 59.4 Å². The number of ether oxygens (including phenoxy) is 3. The zero-order chi connectivity index (χ0) is 15.8. The molecule has 0 bridgehead atoms. The Morgan fingerprint density at radius 1 is 1.24 bits per heavy atom. The van der Waals surface area contributed by atoms with Gasteiger partial charge in [-0.3, -0.25) is 5.32 Å². The maximum atomic E-state index is 12.1. The number of likely N-dealkylation sites (N-methyl/N-ethyl adjacent to an activating group) is 1. The number of nitrogens with zero attached hydrogens (tertiary/aromatic N) is 1. The smallest absolute Gasteiger partial charge is 0.327 e. The first-order valence-corrected chi connectivity index (χ1v) is 6.72. The summed E-state index contributed by atoms with van der Waals surface area (Å²) in [5.41, 5.74) is 0.697. The van der Waals surface area contributed by atoms with Gasteiger partial charge in [0.05, 0.1) is 21.3 Å². The molecule has 1 unspecified atom stereocenters. The molecule has 21 heavy (non-hydrogen) atoms. The van der Waals surface area contributed by atoms with Crippen molar-refractivity contribution in [2.45, 2.75) is 6.04 Å². The van der Waals surface area contributed by atoms with Gasteiger partial charge in [0.15, 0.2) is 11.5 Å². The van der Waals surface area contributed by atoms with Crippen LogP contribution in [0.1, 0.15) is 11.6 Å². The summed E-state index contributed by atoms with van der Waals surface area (Å²) in [4.78, 5) is 14.1. The number of esters is 1. The lowest BCUT2D eigenvalue weighted by molar-refractivity contribution is -0.143. The van der Waals surface area contributed by atoms with Crippen LogP contribution in [0.4, 0.5) is 0 Å². The number of nitrogens with one attached hydrogen (secondary N) is 1. The minimum absolute atomic E-state index is 0.361. The Balaban J connectivity index is 3.05. The number of hydrogen-bond acceptors (Lipinski definition) is 6. The summed E-state index contributed by atoms with van der Waals surface area (Å²) < 4.78 is 15.5. The third-order valence-electron chi connectivity index (χ3n) is 3.09. The lowest BCUT2D eigenvalue weighted by atomic mass is 10.0. The van der Waals surface area contributed by atoms with E-state index in [2.05, 4.69) is 5.32 Å². The number of hydrogen-bond donors (Lipinski definition) is 1. The van der Waals surface area contributed by atoms with Gasteiger partial charge in [0.1, 0.15) is 6.04 Å². The largest absolute Gasteiger partial charge is 0.493 e. The molecular formula is C15H24N2O4. The number of benzene rings is 1. The number of rotatable bonds is 8. The van der Waals surface area contributed by atoms with Crippen LogP contribution in [0.2, 0.25) is 0 Å². The van der Waals surface area contributed by atoms with Gasteiger partial charge in [0, 0.05) is 18.7 Å². The van der Waals surface area contributed by atoms with Gasteiger partial charge in [0.2, 0.25) is 0 Å². The second-order valence-corrected chi connectivity index (χ2v) is 4.80. The molecule has 6 nitrogen and oxygen atoms in total. The predicted octanol–water partition coefficient (Wildman–Crippen LogP) is 1.07. The summed E-state index contributed by atoms with van der Waals surface area (Å²) in [5, 5.41) is 3.19. The Kier molecular flexibility index (Phi) is 6.98. The number of carbonyl (C=O) groups is 1. The highest BCUT2D eigenvalue weighted by Crippen LogP contribution is 2.34. The molecule has 0 aromatic heterocycles. The Bertz CT molecular complexity index is 463. The molecule has 1 aromatic carbocycles. The quantitative estimate of drug-likeness (QED) is 0.724. The van der Waals surface area contributed by atoms with Crippen molar-refractivity contribution in [3.05, 3.63) is 23.8 Å². The first-order valence-electron chi connectivity index (χ1n) is 6.72. The normalized spacial score (nSPS) is 12.1. The van der Waals surface area contributed by atoms with Crippen molar-refractivity contribution in [2.75, 3.05) is 48.5 Å². The lowest BCUT2D eigenvalue weighted by Gasteiger charge is -2.21. The molecule has 0 amide bonds. The molecule has 0 aliphatic carbocycles. The standard InChI is InChI=1S/C15H24N2O4/c1-17(2)10-9-16-13(15(18)21-5)11-7-6-8-12(19-3)14(11)20-4/h6-8,13,16H,9-10H2,1-5H3. The fraction of sp³-hybridized carbons (Fsp3) is 0.533. The monoisotopic (exact) mass is 296 g/mol. The molecule has 0 heterocycles. The van der Waals surface area contributed by atoms with Gasteiger partial charge in [-0.1, -0.05) is 12.1 Å². The molecule has 1 aromatic rings. The highest BCUT2D eigenvalue weighted by Gasteiger charge is 2.26. The maximum absolute atomic E-state index is 12.1. The molecule has 0 aliphatic rings. The van der Waals surface area contributed by atoms with Gasteiger partial charge in [0.25, 0.3) is 0 Å². The Hall–Kier alpha value is -1.79. The molecule has 6 heteroatoms. The van der Waals surface area contributed by atoms with E-state index in [1.54, 1.807) is 20.3 Å². The van der Waals surface area contributed by atoms with E-state index in [1.165, 1.54) is 7.11 Å². The highest BCUT2D eigenvalue weighted by atomic mass is 16.5. The van der Waals surface area contributed by atoms with Crippen molar-refractivity contribution >= 4 is 5.97 Å².